The Bertz CT molecular complexity index is 2960. The Morgan fingerprint density at radius 3 is 1.75 bits per heavy atom. The Balaban J connectivity index is 1.15. The van der Waals surface area contributed by atoms with Crippen molar-refractivity contribution in [1.29, 1.82) is 0 Å². The number of anilines is 3. The van der Waals surface area contributed by atoms with Gasteiger partial charge in [0, 0.05) is 22.1 Å². The molecule has 0 bridgehead atoms. The highest BCUT2D eigenvalue weighted by molar-refractivity contribution is 6.12. The van der Waals surface area contributed by atoms with Gasteiger partial charge in [-0.1, -0.05) is 164 Å². The molecule has 53 heavy (non-hydrogen) atoms. The second-order valence-corrected chi connectivity index (χ2v) is 14.0. The first-order valence-corrected chi connectivity index (χ1v) is 18.3. The molecule has 1 heterocycles. The molecule has 0 unspecified atom stereocenters. The molecule has 2 heteroatoms. The number of furan rings is 1. The van der Waals surface area contributed by atoms with E-state index in [4.69, 9.17) is 4.42 Å². The molecule has 2 nitrogen and oxygen atoms in total. The number of hydrogen-bond donors (Lipinski definition) is 0. The molecule has 0 N–H and O–H groups in total. The third kappa shape index (κ3) is 4.33. The lowest BCUT2D eigenvalue weighted by molar-refractivity contribution is 0.669. The molecule has 0 spiro atoms. The molecule has 9 aromatic carbocycles. The summed E-state index contributed by atoms with van der Waals surface area (Å²) in [4.78, 5) is 2.36. The topological polar surface area (TPSA) is 16.4 Å². The van der Waals surface area contributed by atoms with Gasteiger partial charge < -0.3 is 9.32 Å². The summed E-state index contributed by atoms with van der Waals surface area (Å²) in [6.07, 6.45) is 0. The summed E-state index contributed by atoms with van der Waals surface area (Å²) in [7, 11) is 0. The van der Waals surface area contributed by atoms with Gasteiger partial charge in [-0.15, -0.1) is 0 Å². The van der Waals surface area contributed by atoms with Gasteiger partial charge in [-0.25, -0.2) is 0 Å². The smallest absolute Gasteiger partial charge is 0.159 e. The molecular formula is C51H33NO. The fourth-order valence-corrected chi connectivity index (χ4v) is 9.05. The van der Waals surface area contributed by atoms with Crippen LogP contribution in [0.2, 0.25) is 0 Å². The molecule has 0 saturated carbocycles. The quantitative estimate of drug-likeness (QED) is 0.169. The second kappa shape index (κ2) is 11.6. The van der Waals surface area contributed by atoms with Crippen LogP contribution in [0.1, 0.15) is 22.3 Å². The van der Waals surface area contributed by atoms with Crippen molar-refractivity contribution < 1.29 is 4.42 Å². The highest BCUT2D eigenvalue weighted by Gasteiger charge is 2.45. The number of fused-ring (bicyclic) bond motifs is 9. The lowest BCUT2D eigenvalue weighted by Crippen LogP contribution is -2.28. The Kier molecular flexibility index (Phi) is 6.50. The monoisotopic (exact) mass is 675 g/mol. The summed E-state index contributed by atoms with van der Waals surface area (Å²) in [5.74, 6) is 0. The van der Waals surface area contributed by atoms with Crippen LogP contribution in [0.15, 0.2) is 205 Å². The summed E-state index contributed by atoms with van der Waals surface area (Å²) in [5, 5.41) is 7.17. The van der Waals surface area contributed by atoms with Crippen molar-refractivity contribution in [3.63, 3.8) is 0 Å². The second-order valence-electron chi connectivity index (χ2n) is 14.0. The average Bonchev–Trinajstić information content (AvgIpc) is 3.76. The molecule has 10 aromatic rings. The van der Waals surface area contributed by atoms with E-state index in [1.54, 1.807) is 0 Å². The largest absolute Gasteiger partial charge is 0.454 e. The minimum atomic E-state index is -0.458. The molecule has 1 aliphatic carbocycles. The summed E-state index contributed by atoms with van der Waals surface area (Å²) < 4.78 is 6.67. The predicted octanol–water partition coefficient (Wildman–Crippen LogP) is 13.7. The molecule has 1 aromatic heterocycles. The number of nitrogens with zero attached hydrogens (tertiary/aromatic N) is 1. The van der Waals surface area contributed by atoms with Gasteiger partial charge in [0.25, 0.3) is 0 Å². The van der Waals surface area contributed by atoms with Gasteiger partial charge in [-0.3, -0.25) is 0 Å². The summed E-state index contributed by atoms with van der Waals surface area (Å²) >= 11 is 0. The first-order valence-electron chi connectivity index (χ1n) is 18.3. The Morgan fingerprint density at radius 1 is 0.377 bits per heavy atom. The van der Waals surface area contributed by atoms with Crippen LogP contribution in [-0.4, -0.2) is 0 Å². The van der Waals surface area contributed by atoms with E-state index in [2.05, 4.69) is 199 Å². The number of benzene rings is 9. The number of rotatable bonds is 5. The van der Waals surface area contributed by atoms with E-state index in [-0.39, 0.29) is 0 Å². The number of hydrogen-bond acceptors (Lipinski definition) is 2. The first-order chi connectivity index (χ1) is 26.3. The van der Waals surface area contributed by atoms with Crippen LogP contribution in [0.4, 0.5) is 17.1 Å². The molecule has 0 amide bonds. The van der Waals surface area contributed by atoms with E-state index < -0.39 is 5.41 Å². The van der Waals surface area contributed by atoms with Crippen LogP contribution in [0.5, 0.6) is 0 Å². The van der Waals surface area contributed by atoms with Crippen LogP contribution >= 0.6 is 0 Å². The van der Waals surface area contributed by atoms with Crippen LogP contribution in [-0.2, 0) is 5.41 Å². The van der Waals surface area contributed by atoms with Gasteiger partial charge in [0.05, 0.1) is 11.1 Å². The van der Waals surface area contributed by atoms with Crippen molar-refractivity contribution in [1.82, 2.24) is 0 Å². The van der Waals surface area contributed by atoms with Crippen molar-refractivity contribution in [2.75, 3.05) is 4.90 Å². The molecule has 1 aliphatic rings. The maximum absolute atomic E-state index is 6.67. The van der Waals surface area contributed by atoms with Crippen LogP contribution in [0, 0.1) is 0 Å². The first kappa shape index (κ1) is 29.8. The van der Waals surface area contributed by atoms with E-state index in [1.807, 2.05) is 6.07 Å². The van der Waals surface area contributed by atoms with Crippen LogP contribution in [0.3, 0.4) is 0 Å². The molecule has 248 valence electrons. The Hall–Kier alpha value is -6.90. The van der Waals surface area contributed by atoms with Gasteiger partial charge in [-0.05, 0) is 91.3 Å². The van der Waals surface area contributed by atoms with E-state index in [9.17, 15) is 0 Å². The fourth-order valence-electron chi connectivity index (χ4n) is 9.05. The summed E-state index contributed by atoms with van der Waals surface area (Å²) in [5.41, 5.74) is 12.1. The predicted molar refractivity (Wildman–Crippen MR) is 221 cm³/mol. The minimum Gasteiger partial charge on any atom is -0.454 e. The molecule has 11 rings (SSSR count). The molecular weight excluding hydrogens is 643 g/mol. The SMILES string of the molecule is c1ccc(C2(c3ccc(N(c4ccc5c(ccc6ccccc65)c4)c4cccc5c4oc4ccccc45)cc3)c3ccccc3-c3ccccc32)cc1. The van der Waals surface area contributed by atoms with Gasteiger partial charge in [0.2, 0.25) is 0 Å². The molecule has 0 radical (unpaired) electrons. The normalized spacial score (nSPS) is 13.1. The van der Waals surface area contributed by atoms with Crippen molar-refractivity contribution in [3.05, 3.63) is 222 Å². The van der Waals surface area contributed by atoms with Crippen molar-refractivity contribution in [2.45, 2.75) is 5.41 Å². The molecule has 0 saturated heterocycles. The highest BCUT2D eigenvalue weighted by atomic mass is 16.3. The lowest BCUT2D eigenvalue weighted by Gasteiger charge is -2.34. The standard InChI is InChI=1S/C51H33NO/c1-2-14-36(15-3-1)51(46-21-9-6-17-42(46)43-18-7-10-22-47(43)51)37-27-29-38(30-28-37)52(48-23-12-20-45-44-19-8-11-24-49(44)53-50(45)48)39-31-32-41-35(33-39)26-25-34-13-4-5-16-40(34)41/h1-33H. The van der Waals surface area contributed by atoms with Gasteiger partial charge in [-0.2, -0.15) is 0 Å². The highest BCUT2D eigenvalue weighted by Crippen LogP contribution is 2.56. The van der Waals surface area contributed by atoms with E-state index >= 15 is 0 Å². The zero-order valence-electron chi connectivity index (χ0n) is 28.9. The molecule has 0 atom stereocenters. The van der Waals surface area contributed by atoms with Crippen molar-refractivity contribution in [2.24, 2.45) is 0 Å². The summed E-state index contributed by atoms with van der Waals surface area (Å²) in [6.45, 7) is 0. The Labute approximate surface area is 307 Å². The third-order valence-corrected chi connectivity index (χ3v) is 11.3. The van der Waals surface area contributed by atoms with Gasteiger partial charge in [0.1, 0.15) is 5.58 Å². The third-order valence-electron chi connectivity index (χ3n) is 11.3. The van der Waals surface area contributed by atoms with E-state index in [0.29, 0.717) is 0 Å². The lowest BCUT2D eigenvalue weighted by atomic mass is 9.68. The zero-order chi connectivity index (χ0) is 34.9. The Morgan fingerprint density at radius 2 is 0.962 bits per heavy atom. The van der Waals surface area contributed by atoms with E-state index in [1.165, 1.54) is 54.9 Å². The van der Waals surface area contributed by atoms with Crippen molar-refractivity contribution in [3.8, 4) is 11.1 Å². The maximum Gasteiger partial charge on any atom is 0.159 e. The average molecular weight is 676 g/mol. The van der Waals surface area contributed by atoms with Crippen LogP contribution < -0.4 is 4.90 Å². The molecule has 0 aliphatic heterocycles. The van der Waals surface area contributed by atoms with Gasteiger partial charge in [0.15, 0.2) is 5.58 Å². The minimum absolute atomic E-state index is 0.458. The maximum atomic E-state index is 6.67. The summed E-state index contributed by atoms with van der Waals surface area (Å²) in [6, 6.07) is 72.8. The van der Waals surface area contributed by atoms with E-state index in [0.717, 1.165) is 39.0 Å². The fraction of sp³-hybridized carbons (Fsp3) is 0.0196. The molecule has 0 fully saturated rings. The van der Waals surface area contributed by atoms with Gasteiger partial charge >= 0.3 is 0 Å². The zero-order valence-corrected chi connectivity index (χ0v) is 28.9. The van der Waals surface area contributed by atoms with Crippen molar-refractivity contribution >= 4 is 60.5 Å². The van der Waals surface area contributed by atoms with Crippen LogP contribution in [0.25, 0.3) is 54.6 Å². The number of para-hydroxylation sites is 2.